The van der Waals surface area contributed by atoms with E-state index in [0.717, 1.165) is 22.3 Å². The molecule has 2 unspecified atom stereocenters. The fraction of sp³-hybridized carbons (Fsp3) is 0.244. The minimum absolute atomic E-state index is 0.0980. The van der Waals surface area contributed by atoms with Gasteiger partial charge in [0.1, 0.15) is 0 Å². The molecule has 7 aromatic carbocycles. The normalized spacial score (nSPS) is 16.6. The van der Waals surface area contributed by atoms with Crippen molar-refractivity contribution in [1.29, 1.82) is 0 Å². The fourth-order valence-corrected chi connectivity index (χ4v) is 8.15. The lowest BCUT2D eigenvalue weighted by atomic mass is 9.72. The molecule has 1 aliphatic carbocycles. The number of benzene rings is 7. The van der Waals surface area contributed by atoms with Crippen LogP contribution in [0.4, 0.5) is 0 Å². The van der Waals surface area contributed by atoms with Gasteiger partial charge >= 0.3 is 0 Å². The molecule has 0 aromatic heterocycles. The molecule has 0 spiro atoms. The Morgan fingerprint density at radius 2 is 1.23 bits per heavy atom. The molecule has 1 aliphatic rings. The molecule has 2 nitrogen and oxygen atoms in total. The highest BCUT2D eigenvalue weighted by Crippen LogP contribution is 2.52. The third-order valence-electron chi connectivity index (χ3n) is 10.7. The Hall–Kier alpha value is -4.50. The average Bonchev–Trinajstić information content (AvgIpc) is 3.38. The summed E-state index contributed by atoms with van der Waals surface area (Å²) in [5.74, 6) is 0. The molecule has 0 heterocycles. The molecule has 0 saturated heterocycles. The van der Waals surface area contributed by atoms with Crippen molar-refractivity contribution in [2.24, 2.45) is 0 Å². The maximum Gasteiger partial charge on any atom is 0.0707 e. The summed E-state index contributed by atoms with van der Waals surface area (Å²) < 4.78 is 6.11. The number of hydrogen-bond donors (Lipinski definition) is 1. The van der Waals surface area contributed by atoms with E-state index in [4.69, 9.17) is 4.74 Å². The summed E-state index contributed by atoms with van der Waals surface area (Å²) >= 11 is 0. The summed E-state index contributed by atoms with van der Waals surface area (Å²) in [7, 11) is 0. The Kier molecular flexibility index (Phi) is 7.02. The third-order valence-corrected chi connectivity index (χ3v) is 10.7. The van der Waals surface area contributed by atoms with Crippen LogP contribution in [0, 0.1) is 0 Å². The van der Waals surface area contributed by atoms with Gasteiger partial charge in [0, 0.05) is 6.61 Å². The Balaban J connectivity index is 1.22. The number of ether oxygens (including phenoxy) is 1. The molecule has 0 aliphatic heterocycles. The van der Waals surface area contributed by atoms with Crippen LogP contribution < -0.4 is 0 Å². The standard InChI is InChI=1S/C45H42O2/c1-6-41(46)45(27-47-7-2)39-11-9-8-10-36(39)37-22-19-31(26-40(37)45)28-12-14-29(15-13-28)35-21-18-30-16-17-32-24-34(44(3,4)5)25-33-20-23-38(35)43(30)42(32)33/h8-26,41,46H,6-7,27H2,1-5H3. The molecule has 2 atom stereocenters. The smallest absolute Gasteiger partial charge is 0.0707 e. The van der Waals surface area contributed by atoms with Gasteiger partial charge in [0.2, 0.25) is 0 Å². The predicted molar refractivity (Wildman–Crippen MR) is 199 cm³/mol. The minimum Gasteiger partial charge on any atom is -0.392 e. The van der Waals surface area contributed by atoms with Crippen LogP contribution in [0.2, 0.25) is 0 Å². The van der Waals surface area contributed by atoms with Gasteiger partial charge in [0.15, 0.2) is 0 Å². The molecule has 0 amide bonds. The van der Waals surface area contributed by atoms with Gasteiger partial charge in [-0.15, -0.1) is 0 Å². The average molecular weight is 615 g/mol. The summed E-state index contributed by atoms with van der Waals surface area (Å²) in [4.78, 5) is 0. The lowest BCUT2D eigenvalue weighted by Gasteiger charge is -2.36. The Bertz CT molecular complexity index is 2250. The van der Waals surface area contributed by atoms with Crippen LogP contribution in [0.25, 0.3) is 65.7 Å². The highest BCUT2D eigenvalue weighted by atomic mass is 16.5. The third kappa shape index (κ3) is 4.53. The van der Waals surface area contributed by atoms with Crippen LogP contribution in [0.15, 0.2) is 115 Å². The zero-order valence-electron chi connectivity index (χ0n) is 28.0. The molecule has 1 N–H and O–H groups in total. The molecular formula is C45H42O2. The van der Waals surface area contributed by atoms with Crippen LogP contribution in [-0.2, 0) is 15.6 Å². The van der Waals surface area contributed by atoms with Crippen LogP contribution in [0.5, 0.6) is 0 Å². The lowest BCUT2D eigenvalue weighted by Crippen LogP contribution is -2.43. The van der Waals surface area contributed by atoms with Crippen molar-refractivity contribution in [3.05, 3.63) is 132 Å². The van der Waals surface area contributed by atoms with Crippen molar-refractivity contribution >= 4 is 32.3 Å². The first-order valence-corrected chi connectivity index (χ1v) is 17.1. The van der Waals surface area contributed by atoms with Gasteiger partial charge in [-0.25, -0.2) is 0 Å². The summed E-state index contributed by atoms with van der Waals surface area (Å²) in [6.07, 6.45) is 0.0975. The molecule has 2 heteroatoms. The number of fused-ring (bicyclic) bond motifs is 3. The van der Waals surface area contributed by atoms with E-state index in [2.05, 4.69) is 143 Å². The summed E-state index contributed by atoms with van der Waals surface area (Å²) in [5.41, 5.74) is 10.4. The first-order valence-electron chi connectivity index (χ1n) is 17.1. The minimum atomic E-state index is -0.595. The Morgan fingerprint density at radius 1 is 0.617 bits per heavy atom. The van der Waals surface area contributed by atoms with Crippen molar-refractivity contribution < 1.29 is 9.84 Å². The topological polar surface area (TPSA) is 29.5 Å². The largest absolute Gasteiger partial charge is 0.392 e. The van der Waals surface area contributed by atoms with Crippen molar-refractivity contribution in [2.75, 3.05) is 13.2 Å². The van der Waals surface area contributed by atoms with Crippen LogP contribution in [-0.4, -0.2) is 24.4 Å². The van der Waals surface area contributed by atoms with Gasteiger partial charge in [-0.2, -0.15) is 0 Å². The second-order valence-corrected chi connectivity index (χ2v) is 14.4. The van der Waals surface area contributed by atoms with Crippen LogP contribution >= 0.6 is 0 Å². The van der Waals surface area contributed by atoms with Gasteiger partial charge in [0.25, 0.3) is 0 Å². The number of aliphatic hydroxyl groups is 1. The summed E-state index contributed by atoms with van der Waals surface area (Å²) in [6.45, 7) is 12.0. The molecule has 0 radical (unpaired) electrons. The van der Waals surface area contributed by atoms with Crippen molar-refractivity contribution in [2.45, 2.75) is 58.0 Å². The second kappa shape index (κ2) is 11.0. The Labute approximate surface area is 278 Å². The maximum atomic E-state index is 11.6. The predicted octanol–water partition coefficient (Wildman–Crippen LogP) is 11.3. The zero-order chi connectivity index (χ0) is 32.5. The first-order chi connectivity index (χ1) is 22.7. The van der Waals surface area contributed by atoms with E-state index in [0.29, 0.717) is 19.6 Å². The highest BCUT2D eigenvalue weighted by Gasteiger charge is 2.48. The van der Waals surface area contributed by atoms with Gasteiger partial charge < -0.3 is 9.84 Å². The monoisotopic (exact) mass is 614 g/mol. The van der Waals surface area contributed by atoms with E-state index in [9.17, 15) is 5.11 Å². The first kappa shape index (κ1) is 29.9. The van der Waals surface area contributed by atoms with E-state index in [-0.39, 0.29) is 5.41 Å². The van der Waals surface area contributed by atoms with Gasteiger partial charge in [-0.05, 0) is 107 Å². The number of aliphatic hydroxyl groups excluding tert-OH is 1. The fourth-order valence-electron chi connectivity index (χ4n) is 8.15. The van der Waals surface area contributed by atoms with Gasteiger partial charge in [0.05, 0.1) is 18.1 Å². The summed E-state index contributed by atoms with van der Waals surface area (Å²) in [5, 5.41) is 19.5. The molecule has 0 saturated carbocycles. The molecule has 0 fully saturated rings. The highest BCUT2D eigenvalue weighted by molar-refractivity contribution is 6.25. The van der Waals surface area contributed by atoms with E-state index in [1.807, 2.05) is 6.92 Å². The molecule has 7 aromatic rings. The molecule has 0 bridgehead atoms. The molecule has 47 heavy (non-hydrogen) atoms. The van der Waals surface area contributed by atoms with Crippen LogP contribution in [0.3, 0.4) is 0 Å². The maximum absolute atomic E-state index is 11.6. The van der Waals surface area contributed by atoms with Crippen molar-refractivity contribution in [3.63, 3.8) is 0 Å². The van der Waals surface area contributed by atoms with E-state index >= 15 is 0 Å². The van der Waals surface area contributed by atoms with E-state index in [1.165, 1.54) is 60.1 Å². The SMILES string of the molecule is CCOCC1(C(O)CC)c2ccccc2-c2ccc(-c3ccc(-c4ccc5ccc6cc(C(C)(C)C)cc7ccc4c5c67)cc3)cc21. The second-order valence-electron chi connectivity index (χ2n) is 14.4. The lowest BCUT2D eigenvalue weighted by molar-refractivity contribution is 0.0268. The summed E-state index contributed by atoms with van der Waals surface area (Å²) in [6, 6.07) is 42.8. The molecular weight excluding hydrogens is 572 g/mol. The van der Waals surface area contributed by atoms with Crippen LogP contribution in [0.1, 0.15) is 57.7 Å². The van der Waals surface area contributed by atoms with E-state index in [1.54, 1.807) is 0 Å². The van der Waals surface area contributed by atoms with E-state index < -0.39 is 11.5 Å². The molecule has 8 rings (SSSR count). The van der Waals surface area contributed by atoms with Crippen molar-refractivity contribution in [3.8, 4) is 33.4 Å². The quantitative estimate of drug-likeness (QED) is 0.181. The Morgan fingerprint density at radius 3 is 1.96 bits per heavy atom. The van der Waals surface area contributed by atoms with Gasteiger partial charge in [-0.3, -0.25) is 0 Å². The van der Waals surface area contributed by atoms with Crippen molar-refractivity contribution in [1.82, 2.24) is 0 Å². The number of hydrogen-bond acceptors (Lipinski definition) is 2. The van der Waals surface area contributed by atoms with Gasteiger partial charge in [-0.1, -0.05) is 137 Å². The zero-order valence-corrected chi connectivity index (χ0v) is 28.0. The molecule has 234 valence electrons. The number of rotatable bonds is 7.